The molecule has 4 aliphatic rings. The lowest BCUT2D eigenvalue weighted by atomic mass is 9.52. The summed E-state index contributed by atoms with van der Waals surface area (Å²) in [5, 5.41) is 41.7. The van der Waals surface area contributed by atoms with E-state index in [0.29, 0.717) is 50.5 Å². The van der Waals surface area contributed by atoms with E-state index in [9.17, 15) is 30.0 Å². The number of aliphatic hydroxyl groups is 2. The van der Waals surface area contributed by atoms with Gasteiger partial charge in [-0.05, 0) is 68.3 Å². The van der Waals surface area contributed by atoms with E-state index < -0.39 is 45.6 Å². The molecule has 6 heteroatoms. The second-order valence-electron chi connectivity index (χ2n) is 9.57. The van der Waals surface area contributed by atoms with Crippen molar-refractivity contribution >= 4 is 11.9 Å². The molecule has 4 rings (SSSR count). The fourth-order valence-electron chi connectivity index (χ4n) is 7.84. The Hall–Kier alpha value is -1.40. The van der Waals surface area contributed by atoms with Gasteiger partial charge < -0.3 is 20.4 Å². The number of carboxylic acid groups (broad SMARTS) is 2. The van der Waals surface area contributed by atoms with Crippen molar-refractivity contribution in [2.45, 2.75) is 57.5 Å². The average molecular weight is 364 g/mol. The Bertz CT molecular complexity index is 702. The van der Waals surface area contributed by atoms with Gasteiger partial charge in [0.2, 0.25) is 0 Å². The lowest BCUT2D eigenvalue weighted by molar-refractivity contribution is -0.169. The standard InChI is InChI=1S/C20H28O6/c1-11-8-19-9-20(11,26)7-4-12(19)18(10-21)6-3-5-17(2,16(24)25)14(18)13(19)15(22)23/h12-14,21,26H,1,3-10H2,2H3,(H,22,23)(H,24,25). The molecule has 7 unspecified atom stereocenters. The van der Waals surface area contributed by atoms with E-state index >= 15 is 0 Å². The predicted octanol–water partition coefficient (Wildman–Crippen LogP) is 2.05. The molecule has 26 heavy (non-hydrogen) atoms. The highest BCUT2D eigenvalue weighted by Gasteiger charge is 2.78. The van der Waals surface area contributed by atoms with Crippen LogP contribution in [0.4, 0.5) is 0 Å². The number of carbonyl (C=O) groups is 2. The van der Waals surface area contributed by atoms with Gasteiger partial charge in [-0.3, -0.25) is 9.59 Å². The molecule has 4 aliphatic carbocycles. The summed E-state index contributed by atoms with van der Waals surface area (Å²) in [4.78, 5) is 24.7. The second kappa shape index (κ2) is 5.10. The lowest BCUT2D eigenvalue weighted by Crippen LogP contribution is -2.53. The first-order valence-corrected chi connectivity index (χ1v) is 9.55. The van der Waals surface area contributed by atoms with E-state index in [0.717, 1.165) is 0 Å². The Morgan fingerprint density at radius 1 is 1.23 bits per heavy atom. The maximum absolute atomic E-state index is 12.5. The topological polar surface area (TPSA) is 115 Å². The Morgan fingerprint density at radius 2 is 1.92 bits per heavy atom. The average Bonchev–Trinajstić information content (AvgIpc) is 2.92. The normalized spacial score (nSPS) is 52.4. The third kappa shape index (κ3) is 1.80. The van der Waals surface area contributed by atoms with Crippen LogP contribution in [-0.2, 0) is 9.59 Å². The van der Waals surface area contributed by atoms with Gasteiger partial charge in [-0.25, -0.2) is 0 Å². The van der Waals surface area contributed by atoms with Crippen molar-refractivity contribution in [3.8, 4) is 0 Å². The first-order valence-electron chi connectivity index (χ1n) is 9.55. The highest BCUT2D eigenvalue weighted by Crippen LogP contribution is 2.78. The van der Waals surface area contributed by atoms with E-state index in [4.69, 9.17) is 0 Å². The minimum Gasteiger partial charge on any atom is -0.481 e. The van der Waals surface area contributed by atoms with Gasteiger partial charge in [-0.2, -0.15) is 0 Å². The fraction of sp³-hybridized carbons (Fsp3) is 0.800. The summed E-state index contributed by atoms with van der Waals surface area (Å²) in [6.07, 6.45) is 3.62. The van der Waals surface area contributed by atoms with Crippen molar-refractivity contribution in [1.29, 1.82) is 0 Å². The molecule has 0 amide bonds. The van der Waals surface area contributed by atoms with Gasteiger partial charge in [0.15, 0.2) is 0 Å². The zero-order valence-corrected chi connectivity index (χ0v) is 15.2. The second-order valence-corrected chi connectivity index (χ2v) is 9.57. The number of fused-ring (bicyclic) bond motifs is 3. The number of hydrogen-bond acceptors (Lipinski definition) is 4. The molecular weight excluding hydrogens is 336 g/mol. The summed E-state index contributed by atoms with van der Waals surface area (Å²) in [6, 6.07) is 0. The van der Waals surface area contributed by atoms with Crippen LogP contribution in [0.2, 0.25) is 0 Å². The lowest BCUT2D eigenvalue weighted by Gasteiger charge is -2.51. The van der Waals surface area contributed by atoms with Crippen LogP contribution in [0.15, 0.2) is 12.2 Å². The highest BCUT2D eigenvalue weighted by molar-refractivity contribution is 5.79. The molecular formula is C20H28O6. The van der Waals surface area contributed by atoms with Crippen molar-refractivity contribution in [3.05, 3.63) is 12.2 Å². The molecule has 6 nitrogen and oxygen atoms in total. The van der Waals surface area contributed by atoms with Crippen LogP contribution in [0, 0.1) is 34.0 Å². The summed E-state index contributed by atoms with van der Waals surface area (Å²) in [5.41, 5.74) is -2.97. The molecule has 2 bridgehead atoms. The van der Waals surface area contributed by atoms with Crippen LogP contribution in [0.25, 0.3) is 0 Å². The molecule has 0 aromatic carbocycles. The van der Waals surface area contributed by atoms with E-state index in [2.05, 4.69) is 6.58 Å². The van der Waals surface area contributed by atoms with E-state index in [1.165, 1.54) is 0 Å². The Labute approximate surface area is 152 Å². The molecule has 144 valence electrons. The molecule has 0 saturated heterocycles. The fourth-order valence-corrected chi connectivity index (χ4v) is 7.84. The van der Waals surface area contributed by atoms with Crippen LogP contribution in [0.5, 0.6) is 0 Å². The number of carboxylic acids is 2. The van der Waals surface area contributed by atoms with Crippen molar-refractivity contribution in [2.24, 2.45) is 34.0 Å². The maximum atomic E-state index is 12.5. The van der Waals surface area contributed by atoms with Gasteiger partial charge in [0.05, 0.1) is 16.9 Å². The first kappa shape index (κ1) is 18.0. The molecule has 0 heterocycles. The third-order valence-electron chi connectivity index (χ3n) is 8.70. The van der Waals surface area contributed by atoms with Crippen molar-refractivity contribution in [2.75, 3.05) is 6.61 Å². The van der Waals surface area contributed by atoms with Crippen LogP contribution in [-0.4, -0.2) is 44.6 Å². The largest absolute Gasteiger partial charge is 0.481 e. The smallest absolute Gasteiger partial charge is 0.309 e. The third-order valence-corrected chi connectivity index (χ3v) is 8.70. The van der Waals surface area contributed by atoms with Crippen molar-refractivity contribution < 1.29 is 30.0 Å². The number of hydrogen-bond donors (Lipinski definition) is 4. The zero-order chi connectivity index (χ0) is 19.1. The van der Waals surface area contributed by atoms with Crippen LogP contribution in [0.3, 0.4) is 0 Å². The number of aliphatic hydroxyl groups excluding tert-OH is 1. The summed E-state index contributed by atoms with van der Waals surface area (Å²) in [6.45, 7) is 5.50. The monoisotopic (exact) mass is 364 g/mol. The maximum Gasteiger partial charge on any atom is 0.309 e. The predicted molar refractivity (Wildman–Crippen MR) is 92.2 cm³/mol. The van der Waals surface area contributed by atoms with Crippen LogP contribution in [0.1, 0.15) is 51.9 Å². The molecule has 0 aromatic rings. The quantitative estimate of drug-likeness (QED) is 0.570. The molecule has 7 atom stereocenters. The number of rotatable bonds is 3. The van der Waals surface area contributed by atoms with Crippen LogP contribution >= 0.6 is 0 Å². The number of aliphatic carboxylic acids is 2. The van der Waals surface area contributed by atoms with Crippen molar-refractivity contribution in [1.82, 2.24) is 0 Å². The van der Waals surface area contributed by atoms with E-state index in [1.54, 1.807) is 6.92 Å². The Morgan fingerprint density at radius 3 is 2.50 bits per heavy atom. The minimum atomic E-state index is -1.18. The SMILES string of the molecule is C=C1CC23CC1(O)CCC2C1(CO)CCCC(C)(C(=O)O)C1C3C(=O)O. The summed E-state index contributed by atoms with van der Waals surface area (Å²) >= 11 is 0. The molecule has 1 spiro atoms. The Kier molecular flexibility index (Phi) is 3.53. The zero-order valence-electron chi connectivity index (χ0n) is 15.2. The Balaban J connectivity index is 1.97. The molecule has 0 aromatic heterocycles. The van der Waals surface area contributed by atoms with Gasteiger partial charge in [0.25, 0.3) is 0 Å². The van der Waals surface area contributed by atoms with Crippen molar-refractivity contribution in [3.63, 3.8) is 0 Å². The molecule has 4 N–H and O–H groups in total. The molecule has 4 saturated carbocycles. The molecule has 0 radical (unpaired) electrons. The van der Waals surface area contributed by atoms with E-state index in [1.807, 2.05) is 0 Å². The van der Waals surface area contributed by atoms with Gasteiger partial charge in [-0.1, -0.05) is 13.0 Å². The highest BCUT2D eigenvalue weighted by atomic mass is 16.4. The molecule has 4 fully saturated rings. The minimum absolute atomic E-state index is 0.0930. The summed E-state index contributed by atoms with van der Waals surface area (Å²) < 4.78 is 0. The van der Waals surface area contributed by atoms with Gasteiger partial charge in [0, 0.05) is 12.0 Å². The first-order chi connectivity index (χ1) is 12.1. The van der Waals surface area contributed by atoms with Gasteiger partial charge >= 0.3 is 11.9 Å². The van der Waals surface area contributed by atoms with Gasteiger partial charge in [0.1, 0.15) is 0 Å². The summed E-state index contributed by atoms with van der Waals surface area (Å²) in [5.74, 6) is -3.59. The van der Waals surface area contributed by atoms with E-state index in [-0.39, 0.29) is 12.5 Å². The summed E-state index contributed by atoms with van der Waals surface area (Å²) in [7, 11) is 0. The van der Waals surface area contributed by atoms with Gasteiger partial charge in [-0.15, -0.1) is 0 Å². The molecule has 0 aliphatic heterocycles. The van der Waals surface area contributed by atoms with Crippen LogP contribution < -0.4 is 0 Å².